The van der Waals surface area contributed by atoms with Crippen LogP contribution < -0.4 is 4.74 Å². The van der Waals surface area contributed by atoms with E-state index in [1.54, 1.807) is 30.3 Å². The molecule has 0 aromatic heterocycles. The molecule has 0 heterocycles. The number of nitrogens with zero attached hydrogens (tertiary/aromatic N) is 1. The second-order valence-electron chi connectivity index (χ2n) is 4.23. The summed E-state index contributed by atoms with van der Waals surface area (Å²) in [6, 6.07) is 11.2. The van der Waals surface area contributed by atoms with Gasteiger partial charge in [0.2, 0.25) is 0 Å². The van der Waals surface area contributed by atoms with E-state index in [1.807, 2.05) is 22.6 Å². The summed E-state index contributed by atoms with van der Waals surface area (Å²) in [6.07, 6.45) is 1.62. The van der Waals surface area contributed by atoms with Gasteiger partial charge >= 0.3 is 0 Å². The van der Waals surface area contributed by atoms with Gasteiger partial charge in [0.05, 0.1) is 22.3 Å². The summed E-state index contributed by atoms with van der Waals surface area (Å²) in [7, 11) is 1.45. The van der Waals surface area contributed by atoms with Crippen LogP contribution in [0.4, 0.5) is 4.39 Å². The molecule has 2 rings (SSSR count). The fourth-order valence-corrected chi connectivity index (χ4v) is 2.46. The first-order valence-corrected chi connectivity index (χ1v) is 7.07. The highest BCUT2D eigenvalue weighted by molar-refractivity contribution is 14.1. The van der Waals surface area contributed by atoms with Crippen molar-refractivity contribution in [1.29, 1.82) is 5.26 Å². The van der Waals surface area contributed by atoms with Gasteiger partial charge in [-0.2, -0.15) is 5.26 Å². The second-order valence-corrected chi connectivity index (χ2v) is 5.40. The van der Waals surface area contributed by atoms with Gasteiger partial charge in [-0.05, 0) is 64.1 Å². The van der Waals surface area contributed by atoms with E-state index in [1.165, 1.54) is 19.2 Å². The van der Waals surface area contributed by atoms with Gasteiger partial charge in [0.15, 0.2) is 11.5 Å². The number of phenolic OH excluding ortho intramolecular Hbond substituents is 1. The Labute approximate surface area is 135 Å². The first kappa shape index (κ1) is 15.3. The number of aromatic hydroxyl groups is 1. The van der Waals surface area contributed by atoms with E-state index in [-0.39, 0.29) is 5.75 Å². The van der Waals surface area contributed by atoms with E-state index < -0.39 is 5.82 Å². The molecule has 21 heavy (non-hydrogen) atoms. The predicted octanol–water partition coefficient (Wildman–Crippen LogP) is 4.21. The molecular weight excluding hydrogens is 384 g/mol. The molecule has 0 aliphatic heterocycles. The fourth-order valence-electron chi connectivity index (χ4n) is 1.84. The number of methoxy groups -OCH3 is 1. The van der Waals surface area contributed by atoms with Gasteiger partial charge in [0, 0.05) is 0 Å². The molecule has 0 aliphatic rings. The highest BCUT2D eigenvalue weighted by atomic mass is 127. The Morgan fingerprint density at radius 1 is 1.38 bits per heavy atom. The maximum Gasteiger partial charge on any atom is 0.171 e. The molecule has 0 aliphatic carbocycles. The van der Waals surface area contributed by atoms with Crippen molar-refractivity contribution in [3.63, 3.8) is 0 Å². The molecule has 5 heteroatoms. The minimum absolute atomic E-state index is 0.0551. The van der Waals surface area contributed by atoms with E-state index in [2.05, 4.69) is 6.07 Å². The number of benzene rings is 2. The number of hydrogen-bond donors (Lipinski definition) is 1. The van der Waals surface area contributed by atoms with Gasteiger partial charge in [-0.3, -0.25) is 0 Å². The molecule has 0 radical (unpaired) electrons. The van der Waals surface area contributed by atoms with Crippen molar-refractivity contribution in [3.8, 4) is 17.6 Å². The molecule has 3 nitrogen and oxygen atoms in total. The maximum absolute atomic E-state index is 13.2. The molecule has 1 N–H and O–H groups in total. The number of hydrogen-bond acceptors (Lipinski definition) is 3. The minimum atomic E-state index is -0.397. The van der Waals surface area contributed by atoms with Crippen LogP contribution >= 0.6 is 22.6 Å². The van der Waals surface area contributed by atoms with Gasteiger partial charge in [0.1, 0.15) is 5.82 Å². The molecule has 2 aromatic carbocycles. The monoisotopic (exact) mass is 395 g/mol. The SMILES string of the molecule is COc1cc(/C=C(/C#N)c2cccc(F)c2)cc(I)c1O. The van der Waals surface area contributed by atoms with Crippen LogP contribution in [0.1, 0.15) is 11.1 Å². The van der Waals surface area contributed by atoms with Crippen LogP contribution in [0.5, 0.6) is 11.5 Å². The van der Waals surface area contributed by atoms with Gasteiger partial charge in [0.25, 0.3) is 0 Å². The summed E-state index contributed by atoms with van der Waals surface area (Å²) >= 11 is 1.98. The third-order valence-electron chi connectivity index (χ3n) is 2.84. The van der Waals surface area contributed by atoms with E-state index in [4.69, 9.17) is 4.74 Å². The smallest absolute Gasteiger partial charge is 0.171 e. The molecule has 0 saturated heterocycles. The average Bonchev–Trinajstić information content (AvgIpc) is 2.48. The van der Waals surface area contributed by atoms with Crippen molar-refractivity contribution in [1.82, 2.24) is 0 Å². The van der Waals surface area contributed by atoms with Crippen molar-refractivity contribution >= 4 is 34.2 Å². The second kappa shape index (κ2) is 6.59. The summed E-state index contributed by atoms with van der Waals surface area (Å²) in [4.78, 5) is 0. The summed E-state index contributed by atoms with van der Waals surface area (Å²) in [5.74, 6) is -0.0179. The topological polar surface area (TPSA) is 53.2 Å². The molecule has 0 saturated carbocycles. The third-order valence-corrected chi connectivity index (χ3v) is 3.66. The van der Waals surface area contributed by atoms with E-state index in [0.29, 0.717) is 26.0 Å². The Kier molecular flexibility index (Phi) is 4.81. The van der Waals surface area contributed by atoms with Crippen LogP contribution in [-0.2, 0) is 0 Å². The summed E-state index contributed by atoms with van der Waals surface area (Å²) < 4.78 is 18.9. The Morgan fingerprint density at radius 2 is 2.14 bits per heavy atom. The molecule has 0 fully saturated rings. The van der Waals surface area contributed by atoms with Crippen LogP contribution in [0.25, 0.3) is 11.6 Å². The first-order valence-electron chi connectivity index (χ1n) is 5.99. The highest BCUT2D eigenvalue weighted by Crippen LogP contribution is 2.33. The molecule has 0 amide bonds. The Hall–Kier alpha value is -2.07. The van der Waals surface area contributed by atoms with Gasteiger partial charge < -0.3 is 9.84 Å². The van der Waals surface area contributed by atoms with Gasteiger partial charge in [-0.15, -0.1) is 0 Å². The predicted molar refractivity (Wildman–Crippen MR) is 87.3 cm³/mol. The highest BCUT2D eigenvalue weighted by Gasteiger charge is 2.09. The summed E-state index contributed by atoms with van der Waals surface area (Å²) in [5.41, 5.74) is 1.52. The lowest BCUT2D eigenvalue weighted by Gasteiger charge is -2.07. The molecule has 0 unspecified atom stereocenters. The number of rotatable bonds is 3. The van der Waals surface area contributed by atoms with Crippen molar-refractivity contribution in [2.24, 2.45) is 0 Å². The van der Waals surface area contributed by atoms with E-state index in [9.17, 15) is 14.8 Å². The maximum atomic E-state index is 13.2. The lowest BCUT2D eigenvalue weighted by molar-refractivity contribution is 0.371. The number of allylic oxidation sites excluding steroid dienone is 1. The minimum Gasteiger partial charge on any atom is -0.504 e. The van der Waals surface area contributed by atoms with E-state index in [0.717, 1.165) is 0 Å². The zero-order valence-corrected chi connectivity index (χ0v) is 13.3. The Bertz CT molecular complexity index is 750. The average molecular weight is 395 g/mol. The quantitative estimate of drug-likeness (QED) is 0.481. The molecule has 106 valence electrons. The zero-order chi connectivity index (χ0) is 15.4. The molecule has 2 aromatic rings. The van der Waals surface area contributed by atoms with Crippen molar-refractivity contribution < 1.29 is 14.2 Å². The standard InChI is InChI=1S/C16H11FINO2/c1-21-15-7-10(6-14(18)16(15)20)5-12(9-19)11-3-2-4-13(17)8-11/h2-8,20H,1H3/b12-5-. The largest absolute Gasteiger partial charge is 0.504 e. The first-order chi connectivity index (χ1) is 10.0. The number of phenols is 1. The number of ether oxygens (including phenoxy) is 1. The molecule has 0 bridgehead atoms. The van der Waals surface area contributed by atoms with E-state index >= 15 is 0 Å². The molecular formula is C16H11FINO2. The molecule has 0 spiro atoms. The van der Waals surface area contributed by atoms with Gasteiger partial charge in [-0.25, -0.2) is 4.39 Å². The summed E-state index contributed by atoms with van der Waals surface area (Å²) in [5, 5.41) is 19.1. The van der Waals surface area contributed by atoms with Crippen molar-refractivity contribution in [3.05, 3.63) is 56.9 Å². The lowest BCUT2D eigenvalue weighted by atomic mass is 10.0. The van der Waals surface area contributed by atoms with Crippen LogP contribution in [-0.4, -0.2) is 12.2 Å². The number of nitriles is 1. The number of halogens is 2. The molecule has 0 atom stereocenters. The van der Waals surface area contributed by atoms with Gasteiger partial charge in [-0.1, -0.05) is 12.1 Å². The Balaban J connectivity index is 2.51. The third kappa shape index (κ3) is 3.52. The fraction of sp³-hybridized carbons (Fsp3) is 0.0625. The zero-order valence-electron chi connectivity index (χ0n) is 11.1. The van der Waals surface area contributed by atoms with Crippen molar-refractivity contribution in [2.45, 2.75) is 0 Å². The normalized spacial score (nSPS) is 11.0. The van der Waals surface area contributed by atoms with Crippen LogP contribution in [0.3, 0.4) is 0 Å². The lowest BCUT2D eigenvalue weighted by Crippen LogP contribution is -1.89. The Morgan fingerprint density at radius 3 is 2.76 bits per heavy atom. The van der Waals surface area contributed by atoms with Crippen LogP contribution in [0, 0.1) is 20.7 Å². The van der Waals surface area contributed by atoms with Crippen molar-refractivity contribution in [2.75, 3.05) is 7.11 Å². The van der Waals surface area contributed by atoms with Crippen LogP contribution in [0.15, 0.2) is 36.4 Å². The van der Waals surface area contributed by atoms with Crippen LogP contribution in [0.2, 0.25) is 0 Å². The summed E-state index contributed by atoms with van der Waals surface area (Å²) in [6.45, 7) is 0.